The van der Waals surface area contributed by atoms with Gasteiger partial charge in [0, 0.05) is 33.7 Å². The van der Waals surface area contributed by atoms with Crippen molar-refractivity contribution in [2.45, 2.75) is 37.5 Å². The average Bonchev–Trinajstić information content (AvgIpc) is 3.50. The number of nitrogens with zero attached hydrogens (tertiary/aromatic N) is 2. The topological polar surface area (TPSA) is 65.1 Å². The number of hydrogen-bond acceptors (Lipinski definition) is 3. The summed E-state index contributed by atoms with van der Waals surface area (Å²) in [6.45, 7) is 6.39. The van der Waals surface area contributed by atoms with E-state index in [2.05, 4.69) is 67.6 Å². The standard InChI is InChI=1S/C42H36N2O3S/c1-29-23-25-33(26-24-29)48(46,47)44-37-21-13-11-19-34(37)40(41(44)45)35(31-17-9-6-10-18-31)27-32(30-15-7-5-8-16-30)28-39-42(2,3)36-20-12-14-22-38(36)43(39)4/h5-26H,28H2,1-4H3. The van der Waals surface area contributed by atoms with Crippen LogP contribution in [-0.2, 0) is 15.4 Å². The molecule has 0 N–H and O–H groups in total. The van der Waals surface area contributed by atoms with Gasteiger partial charge in [-0.25, -0.2) is 17.0 Å². The zero-order valence-corrected chi connectivity index (χ0v) is 28.3. The van der Waals surface area contributed by atoms with Crippen molar-refractivity contribution in [1.29, 1.82) is 0 Å². The highest BCUT2D eigenvalue weighted by atomic mass is 32.2. The lowest BCUT2D eigenvalue weighted by atomic mass is 9.78. The molecule has 0 saturated carbocycles. The molecule has 0 bridgehead atoms. The SMILES string of the molecule is Cc1ccc(S(=O)(=O)n2c([O-])c(C(=C=C(CC3=[N+](C)c4ccccc4C3(C)C)c3ccccc3)c3ccccc3)c3ccccc32)cc1. The molecule has 0 saturated heterocycles. The molecule has 6 aromatic rings. The van der Waals surface area contributed by atoms with Gasteiger partial charge < -0.3 is 5.11 Å². The van der Waals surface area contributed by atoms with E-state index < -0.39 is 15.9 Å². The Morgan fingerprint density at radius 3 is 2.02 bits per heavy atom. The number of rotatable bonds is 7. The van der Waals surface area contributed by atoms with Gasteiger partial charge in [-0.1, -0.05) is 115 Å². The lowest BCUT2D eigenvalue weighted by molar-refractivity contribution is -0.403. The van der Waals surface area contributed by atoms with Crippen molar-refractivity contribution in [1.82, 2.24) is 3.97 Å². The average molecular weight is 649 g/mol. The summed E-state index contributed by atoms with van der Waals surface area (Å²) >= 11 is 0. The van der Waals surface area contributed by atoms with E-state index >= 15 is 0 Å². The maximum absolute atomic E-state index is 14.7. The smallest absolute Gasteiger partial charge is 0.267 e. The van der Waals surface area contributed by atoms with Gasteiger partial charge in [-0.05, 0) is 56.0 Å². The van der Waals surface area contributed by atoms with Gasteiger partial charge in [0.15, 0.2) is 5.71 Å². The summed E-state index contributed by atoms with van der Waals surface area (Å²) in [4.78, 5) is 0.0609. The Hall–Kier alpha value is -5.42. The van der Waals surface area contributed by atoms with Crippen LogP contribution in [0, 0.1) is 6.92 Å². The Balaban J connectivity index is 1.55. The molecule has 1 aliphatic heterocycles. The molecule has 0 aliphatic carbocycles. The first-order valence-electron chi connectivity index (χ1n) is 16.0. The second-order valence-corrected chi connectivity index (χ2v) is 14.6. The molecule has 6 heteroatoms. The third kappa shape index (κ3) is 5.20. The normalized spacial score (nSPS) is 13.8. The summed E-state index contributed by atoms with van der Waals surface area (Å²) < 4.78 is 31.5. The third-order valence-corrected chi connectivity index (χ3v) is 11.2. The number of fused-ring (bicyclic) bond motifs is 2. The molecule has 7 rings (SSSR count). The Kier molecular flexibility index (Phi) is 7.79. The second-order valence-electron chi connectivity index (χ2n) is 12.8. The van der Waals surface area contributed by atoms with Crippen LogP contribution < -0.4 is 5.11 Å². The highest BCUT2D eigenvalue weighted by Crippen LogP contribution is 2.43. The van der Waals surface area contributed by atoms with E-state index in [1.54, 1.807) is 36.4 Å². The Morgan fingerprint density at radius 1 is 0.771 bits per heavy atom. The van der Waals surface area contributed by atoms with Crippen LogP contribution in [0.5, 0.6) is 5.88 Å². The highest BCUT2D eigenvalue weighted by Gasteiger charge is 2.44. The van der Waals surface area contributed by atoms with Crippen LogP contribution in [0.25, 0.3) is 22.0 Å². The summed E-state index contributed by atoms with van der Waals surface area (Å²) in [5, 5.41) is 15.2. The molecule has 0 radical (unpaired) electrons. The highest BCUT2D eigenvalue weighted by molar-refractivity contribution is 7.90. The lowest BCUT2D eigenvalue weighted by Crippen LogP contribution is -2.28. The molecule has 2 heterocycles. The van der Waals surface area contributed by atoms with E-state index in [1.807, 2.05) is 67.6 Å². The number of para-hydroxylation sites is 2. The van der Waals surface area contributed by atoms with Gasteiger partial charge in [-0.15, -0.1) is 5.73 Å². The fourth-order valence-electron chi connectivity index (χ4n) is 6.90. The fourth-order valence-corrected chi connectivity index (χ4v) is 8.32. The van der Waals surface area contributed by atoms with Crippen molar-refractivity contribution < 1.29 is 18.1 Å². The van der Waals surface area contributed by atoms with Gasteiger partial charge in [0.05, 0.1) is 22.2 Å². The van der Waals surface area contributed by atoms with Crippen molar-refractivity contribution in [2.75, 3.05) is 7.05 Å². The van der Waals surface area contributed by atoms with Crippen LogP contribution in [0.15, 0.2) is 144 Å². The number of allylic oxidation sites excluding steroid dienone is 1. The molecule has 5 nitrogen and oxygen atoms in total. The van der Waals surface area contributed by atoms with Crippen LogP contribution in [0.4, 0.5) is 5.69 Å². The molecule has 0 fully saturated rings. The van der Waals surface area contributed by atoms with Crippen LogP contribution in [-0.4, -0.2) is 29.7 Å². The first kappa shape index (κ1) is 31.2. The molecule has 0 amide bonds. The number of aromatic nitrogens is 1. The molecule has 0 spiro atoms. The predicted octanol–water partition coefficient (Wildman–Crippen LogP) is 8.47. The van der Waals surface area contributed by atoms with E-state index in [9.17, 15) is 13.5 Å². The van der Waals surface area contributed by atoms with Gasteiger partial charge in [-0.3, -0.25) is 0 Å². The van der Waals surface area contributed by atoms with Crippen LogP contribution in [0.2, 0.25) is 0 Å². The maximum atomic E-state index is 14.7. The Bertz CT molecular complexity index is 2390. The predicted molar refractivity (Wildman–Crippen MR) is 192 cm³/mol. The first-order valence-corrected chi connectivity index (χ1v) is 17.5. The minimum absolute atomic E-state index is 0.0609. The number of benzene rings is 5. The molecule has 48 heavy (non-hydrogen) atoms. The summed E-state index contributed by atoms with van der Waals surface area (Å²) in [7, 11) is -2.11. The zero-order chi connectivity index (χ0) is 33.6. The second kappa shape index (κ2) is 12.0. The number of hydrogen-bond donors (Lipinski definition) is 0. The minimum Gasteiger partial charge on any atom is -0.859 e. The quantitative estimate of drug-likeness (QED) is 0.129. The summed E-state index contributed by atoms with van der Waals surface area (Å²) in [5.41, 5.74) is 11.9. The third-order valence-electron chi connectivity index (χ3n) is 9.47. The van der Waals surface area contributed by atoms with Crippen LogP contribution in [0.3, 0.4) is 0 Å². The summed E-state index contributed by atoms with van der Waals surface area (Å²) in [6, 6.07) is 41.9. The van der Waals surface area contributed by atoms with Crippen molar-refractivity contribution >= 4 is 43.5 Å². The van der Waals surface area contributed by atoms with Crippen molar-refractivity contribution in [3.63, 3.8) is 0 Å². The molecule has 1 aliphatic rings. The monoisotopic (exact) mass is 648 g/mol. The van der Waals surface area contributed by atoms with Gasteiger partial charge in [0.2, 0.25) is 5.69 Å². The lowest BCUT2D eigenvalue weighted by Gasteiger charge is -2.19. The Morgan fingerprint density at radius 2 is 1.35 bits per heavy atom. The van der Waals surface area contributed by atoms with Gasteiger partial charge in [0.1, 0.15) is 7.05 Å². The van der Waals surface area contributed by atoms with E-state index in [-0.39, 0.29) is 10.3 Å². The number of aryl methyl sites for hydroxylation is 1. The summed E-state index contributed by atoms with van der Waals surface area (Å²) in [5.74, 6) is -0.603. The largest absolute Gasteiger partial charge is 0.859 e. The van der Waals surface area contributed by atoms with Crippen molar-refractivity contribution in [2.24, 2.45) is 0 Å². The van der Waals surface area contributed by atoms with E-state index in [0.29, 0.717) is 28.5 Å². The van der Waals surface area contributed by atoms with E-state index in [0.717, 1.165) is 26.2 Å². The molecule has 5 aromatic carbocycles. The van der Waals surface area contributed by atoms with Gasteiger partial charge in [0.25, 0.3) is 10.0 Å². The van der Waals surface area contributed by atoms with Gasteiger partial charge >= 0.3 is 0 Å². The van der Waals surface area contributed by atoms with Crippen molar-refractivity contribution in [3.8, 4) is 5.88 Å². The van der Waals surface area contributed by atoms with E-state index in [1.165, 1.54) is 17.0 Å². The summed E-state index contributed by atoms with van der Waals surface area (Å²) in [6.07, 6.45) is 0.563. The minimum atomic E-state index is -4.21. The molecular weight excluding hydrogens is 613 g/mol. The van der Waals surface area contributed by atoms with Crippen LogP contribution in [0.1, 0.15) is 48.1 Å². The maximum Gasteiger partial charge on any atom is 0.267 e. The zero-order valence-electron chi connectivity index (χ0n) is 27.4. The van der Waals surface area contributed by atoms with E-state index in [4.69, 9.17) is 0 Å². The van der Waals surface area contributed by atoms with Crippen molar-refractivity contribution in [3.05, 3.63) is 167 Å². The van der Waals surface area contributed by atoms with Crippen LogP contribution >= 0.6 is 0 Å². The Labute approximate surface area is 282 Å². The molecular formula is C42H36N2O3S. The molecule has 0 atom stereocenters. The first-order chi connectivity index (χ1) is 23.1. The molecule has 1 aromatic heterocycles. The fraction of sp³-hybridized carbons (Fsp3) is 0.143. The molecule has 0 unspecified atom stereocenters. The molecule has 238 valence electrons. The van der Waals surface area contributed by atoms with Gasteiger partial charge in [-0.2, -0.15) is 0 Å².